The standard InChI is InChI=1S/C23H28F6N6O2/c24-22(25,26)14-37-21-33-19(30-16-6-2-9-35(10-8-16)13-18-7-3-11-36-18)32-20(34-21)31-17-5-1-4-15(12-17)23(27,28)29/h1,4-5,12,16,18H,2-3,6-11,13-14H2,(H2,30,31,32,33,34)/t16-,18?/m0/s1. The first-order valence-electron chi connectivity index (χ1n) is 12.0. The van der Waals surface area contributed by atoms with E-state index < -0.39 is 30.5 Å². The molecule has 0 amide bonds. The minimum absolute atomic E-state index is 0.00739. The summed E-state index contributed by atoms with van der Waals surface area (Å²) in [5, 5.41) is 5.74. The highest BCUT2D eigenvalue weighted by atomic mass is 19.4. The number of likely N-dealkylation sites (tertiary alicyclic amines) is 1. The van der Waals surface area contributed by atoms with Crippen LogP contribution in [0.4, 0.5) is 43.9 Å². The predicted molar refractivity (Wildman–Crippen MR) is 123 cm³/mol. The Morgan fingerprint density at radius 3 is 2.51 bits per heavy atom. The Kier molecular flexibility index (Phi) is 8.57. The van der Waals surface area contributed by atoms with E-state index in [1.54, 1.807) is 0 Å². The lowest BCUT2D eigenvalue weighted by Crippen LogP contribution is -2.33. The van der Waals surface area contributed by atoms with Crippen LogP contribution in [0.3, 0.4) is 0 Å². The van der Waals surface area contributed by atoms with Gasteiger partial charge in [-0.25, -0.2) is 0 Å². The third kappa shape index (κ3) is 8.59. The average molecular weight is 535 g/mol. The van der Waals surface area contributed by atoms with Gasteiger partial charge in [0.2, 0.25) is 11.9 Å². The molecule has 1 unspecified atom stereocenters. The molecule has 2 fully saturated rings. The van der Waals surface area contributed by atoms with E-state index in [-0.39, 0.29) is 29.7 Å². The quantitative estimate of drug-likeness (QED) is 0.457. The number of nitrogens with zero attached hydrogens (tertiary/aromatic N) is 4. The van der Waals surface area contributed by atoms with Crippen molar-refractivity contribution in [2.45, 2.75) is 56.6 Å². The number of rotatable bonds is 8. The van der Waals surface area contributed by atoms with Crippen LogP contribution in [0.5, 0.6) is 6.01 Å². The fourth-order valence-electron chi connectivity index (χ4n) is 4.33. The first-order chi connectivity index (χ1) is 17.5. The van der Waals surface area contributed by atoms with Gasteiger partial charge < -0.3 is 25.0 Å². The first-order valence-corrected chi connectivity index (χ1v) is 12.0. The summed E-state index contributed by atoms with van der Waals surface area (Å²) in [7, 11) is 0. The monoisotopic (exact) mass is 534 g/mol. The Morgan fingerprint density at radius 2 is 1.78 bits per heavy atom. The highest BCUT2D eigenvalue weighted by molar-refractivity contribution is 5.56. The fourth-order valence-corrected chi connectivity index (χ4v) is 4.33. The minimum Gasteiger partial charge on any atom is -0.454 e. The Morgan fingerprint density at radius 1 is 0.973 bits per heavy atom. The number of hydrogen-bond acceptors (Lipinski definition) is 8. The lowest BCUT2D eigenvalue weighted by Gasteiger charge is -2.23. The summed E-state index contributed by atoms with van der Waals surface area (Å²) in [4.78, 5) is 14.3. The van der Waals surface area contributed by atoms with Gasteiger partial charge in [0.1, 0.15) is 0 Å². The van der Waals surface area contributed by atoms with Gasteiger partial charge in [-0.3, -0.25) is 0 Å². The van der Waals surface area contributed by atoms with Crippen LogP contribution in [0.15, 0.2) is 24.3 Å². The third-order valence-corrected chi connectivity index (χ3v) is 6.07. The molecule has 0 saturated carbocycles. The number of aromatic nitrogens is 3. The molecule has 8 nitrogen and oxygen atoms in total. The highest BCUT2D eigenvalue weighted by Crippen LogP contribution is 2.31. The average Bonchev–Trinajstić information content (AvgIpc) is 3.23. The lowest BCUT2D eigenvalue weighted by molar-refractivity contribution is -0.154. The van der Waals surface area contributed by atoms with Crippen molar-refractivity contribution in [1.29, 1.82) is 0 Å². The second-order valence-corrected chi connectivity index (χ2v) is 9.08. The maximum Gasteiger partial charge on any atom is 0.422 e. The summed E-state index contributed by atoms with van der Waals surface area (Å²) >= 11 is 0. The van der Waals surface area contributed by atoms with E-state index in [1.165, 1.54) is 12.1 Å². The molecule has 14 heteroatoms. The van der Waals surface area contributed by atoms with Crippen LogP contribution in [-0.4, -0.2) is 71.0 Å². The maximum absolute atomic E-state index is 13.1. The van der Waals surface area contributed by atoms with E-state index in [0.29, 0.717) is 0 Å². The Balaban J connectivity index is 1.46. The summed E-state index contributed by atoms with van der Waals surface area (Å²) in [5.74, 6) is -0.276. The van der Waals surface area contributed by atoms with E-state index >= 15 is 0 Å². The van der Waals surface area contributed by atoms with Gasteiger partial charge in [0.15, 0.2) is 6.61 Å². The van der Waals surface area contributed by atoms with E-state index in [2.05, 4.69) is 30.5 Å². The van der Waals surface area contributed by atoms with Crippen LogP contribution in [0.2, 0.25) is 0 Å². The Bertz CT molecular complexity index is 1030. The summed E-state index contributed by atoms with van der Waals surface area (Å²) in [6.07, 6.45) is -4.42. The highest BCUT2D eigenvalue weighted by Gasteiger charge is 2.31. The first kappa shape index (κ1) is 27.2. The number of benzene rings is 1. The van der Waals surface area contributed by atoms with Crippen LogP contribution in [0, 0.1) is 0 Å². The van der Waals surface area contributed by atoms with Gasteiger partial charge in [-0.1, -0.05) is 6.07 Å². The molecule has 2 aromatic rings. The smallest absolute Gasteiger partial charge is 0.422 e. The molecule has 4 rings (SSSR count). The summed E-state index contributed by atoms with van der Waals surface area (Å²) in [6, 6.07) is 3.64. The molecule has 0 aliphatic carbocycles. The summed E-state index contributed by atoms with van der Waals surface area (Å²) in [6.45, 7) is 1.73. The molecule has 204 valence electrons. The van der Waals surface area contributed by atoms with Gasteiger partial charge in [-0.15, -0.1) is 0 Å². The number of anilines is 3. The zero-order chi connectivity index (χ0) is 26.5. The second-order valence-electron chi connectivity index (χ2n) is 9.08. The molecule has 37 heavy (non-hydrogen) atoms. The van der Waals surface area contributed by atoms with Crippen LogP contribution in [0.25, 0.3) is 0 Å². The van der Waals surface area contributed by atoms with Crippen molar-refractivity contribution in [3.63, 3.8) is 0 Å². The normalized spacial score (nSPS) is 21.5. The molecule has 0 spiro atoms. The van der Waals surface area contributed by atoms with Crippen molar-refractivity contribution >= 4 is 17.6 Å². The summed E-state index contributed by atoms with van der Waals surface area (Å²) in [5.41, 5.74) is -0.891. The van der Waals surface area contributed by atoms with E-state index in [0.717, 1.165) is 70.5 Å². The third-order valence-electron chi connectivity index (χ3n) is 6.07. The zero-order valence-electron chi connectivity index (χ0n) is 19.9. The van der Waals surface area contributed by atoms with Crippen molar-refractivity contribution in [1.82, 2.24) is 19.9 Å². The molecule has 3 heterocycles. The molecule has 2 saturated heterocycles. The number of alkyl halides is 6. The van der Waals surface area contributed by atoms with Crippen molar-refractivity contribution in [2.75, 3.05) is 43.5 Å². The van der Waals surface area contributed by atoms with Gasteiger partial charge in [0, 0.05) is 31.4 Å². The van der Waals surface area contributed by atoms with Crippen LogP contribution < -0.4 is 15.4 Å². The number of nitrogens with one attached hydrogen (secondary N) is 2. The molecule has 0 radical (unpaired) electrons. The molecule has 2 aliphatic heterocycles. The lowest BCUT2D eigenvalue weighted by atomic mass is 10.1. The van der Waals surface area contributed by atoms with Gasteiger partial charge in [0.25, 0.3) is 0 Å². The topological polar surface area (TPSA) is 84.4 Å². The van der Waals surface area contributed by atoms with Crippen molar-refractivity contribution in [3.05, 3.63) is 29.8 Å². The van der Waals surface area contributed by atoms with Crippen LogP contribution in [-0.2, 0) is 10.9 Å². The van der Waals surface area contributed by atoms with Crippen molar-refractivity contribution in [2.24, 2.45) is 0 Å². The SMILES string of the molecule is FC(F)(F)COc1nc(Nc2cccc(C(F)(F)F)c2)nc(N[C@H]2CCCN(CC3CCCO3)CC2)n1. The van der Waals surface area contributed by atoms with E-state index in [9.17, 15) is 26.3 Å². The van der Waals surface area contributed by atoms with Crippen molar-refractivity contribution < 1.29 is 35.8 Å². The molecular formula is C23H28F6N6O2. The van der Waals surface area contributed by atoms with Gasteiger partial charge in [-0.2, -0.15) is 41.3 Å². The number of halogens is 6. The molecule has 1 aromatic carbocycles. The molecule has 2 N–H and O–H groups in total. The maximum atomic E-state index is 13.1. The van der Waals surface area contributed by atoms with E-state index in [4.69, 9.17) is 9.47 Å². The second kappa shape index (κ2) is 11.7. The largest absolute Gasteiger partial charge is 0.454 e. The van der Waals surface area contributed by atoms with Gasteiger partial charge in [0.05, 0.1) is 11.7 Å². The molecular weight excluding hydrogens is 506 g/mol. The zero-order valence-corrected chi connectivity index (χ0v) is 19.9. The van der Waals surface area contributed by atoms with E-state index in [1.807, 2.05) is 0 Å². The molecule has 2 atom stereocenters. The fraction of sp³-hybridized carbons (Fsp3) is 0.609. The van der Waals surface area contributed by atoms with Crippen LogP contribution >= 0.6 is 0 Å². The predicted octanol–water partition coefficient (Wildman–Crippen LogP) is 5.02. The molecule has 0 bridgehead atoms. The molecule has 1 aromatic heterocycles. The Labute approximate surface area is 209 Å². The number of ether oxygens (including phenoxy) is 2. The van der Waals surface area contributed by atoms with Crippen LogP contribution in [0.1, 0.15) is 37.7 Å². The molecule has 2 aliphatic rings. The number of hydrogen-bond donors (Lipinski definition) is 2. The van der Waals surface area contributed by atoms with Gasteiger partial charge >= 0.3 is 18.4 Å². The Hall–Kier alpha value is -2.87. The minimum atomic E-state index is -4.62. The van der Waals surface area contributed by atoms with Gasteiger partial charge in [-0.05, 0) is 56.8 Å². The van der Waals surface area contributed by atoms with Crippen molar-refractivity contribution in [3.8, 4) is 6.01 Å². The summed E-state index contributed by atoms with van der Waals surface area (Å²) < 4.78 is 87.7.